The van der Waals surface area contributed by atoms with Crippen molar-refractivity contribution in [2.75, 3.05) is 12.8 Å². The number of carbonyl (C=O) groups is 1. The lowest BCUT2D eigenvalue weighted by Crippen LogP contribution is -2.19. The number of hydrogen-bond acceptors (Lipinski definition) is 10. The van der Waals surface area contributed by atoms with Gasteiger partial charge in [-0.1, -0.05) is 29.5 Å². The van der Waals surface area contributed by atoms with Crippen molar-refractivity contribution < 1.29 is 19.3 Å². The molecule has 0 aliphatic heterocycles. The number of nitrogens with two attached hydrogens (primary N) is 1. The molecule has 2 aromatic carbocycles. The van der Waals surface area contributed by atoms with E-state index in [1.54, 1.807) is 36.4 Å². The number of nitrogens with one attached hydrogen (secondary N) is 1. The SMILES string of the molecule is COc1cccc(-c2c(C(=O)N/N=C\c3cccc(O)c3)nnn2-c2nonc2N)c1. The van der Waals surface area contributed by atoms with Gasteiger partial charge in [-0.05, 0) is 40.1 Å². The van der Waals surface area contributed by atoms with Crippen LogP contribution in [0.4, 0.5) is 5.82 Å². The molecule has 0 unspecified atom stereocenters. The van der Waals surface area contributed by atoms with Gasteiger partial charge in [0.2, 0.25) is 11.6 Å². The van der Waals surface area contributed by atoms with Crippen molar-refractivity contribution in [3.05, 3.63) is 59.8 Å². The summed E-state index contributed by atoms with van der Waals surface area (Å²) in [5.41, 5.74) is 9.59. The molecule has 0 spiro atoms. The predicted octanol–water partition coefficient (Wildman–Crippen LogP) is 1.38. The zero-order valence-electron chi connectivity index (χ0n) is 16.1. The molecule has 2 aromatic heterocycles. The quantitative estimate of drug-likeness (QED) is 0.308. The molecule has 156 valence electrons. The number of benzene rings is 2. The molecule has 31 heavy (non-hydrogen) atoms. The Morgan fingerprint density at radius 1 is 1.26 bits per heavy atom. The van der Waals surface area contributed by atoms with Gasteiger partial charge in [0, 0.05) is 5.56 Å². The molecule has 0 bridgehead atoms. The maximum atomic E-state index is 12.8. The molecule has 0 atom stereocenters. The van der Waals surface area contributed by atoms with E-state index < -0.39 is 5.91 Å². The Bertz CT molecular complexity index is 1260. The van der Waals surface area contributed by atoms with Crippen LogP contribution < -0.4 is 15.9 Å². The van der Waals surface area contributed by atoms with E-state index in [1.807, 2.05) is 0 Å². The zero-order chi connectivity index (χ0) is 21.8. The number of phenolic OH excluding ortho intramolecular Hbond substituents is 1. The summed E-state index contributed by atoms with van der Waals surface area (Å²) in [6, 6.07) is 13.3. The summed E-state index contributed by atoms with van der Waals surface area (Å²) in [6.45, 7) is 0. The maximum absolute atomic E-state index is 12.8. The highest BCUT2D eigenvalue weighted by atomic mass is 16.6. The van der Waals surface area contributed by atoms with Crippen LogP contribution in [0, 0.1) is 0 Å². The van der Waals surface area contributed by atoms with Gasteiger partial charge < -0.3 is 15.6 Å². The van der Waals surface area contributed by atoms with E-state index >= 15 is 0 Å². The van der Waals surface area contributed by atoms with Crippen LogP contribution in [0.3, 0.4) is 0 Å². The van der Waals surface area contributed by atoms with Gasteiger partial charge in [-0.15, -0.1) is 5.10 Å². The molecule has 0 radical (unpaired) electrons. The lowest BCUT2D eigenvalue weighted by atomic mass is 10.1. The average molecular weight is 420 g/mol. The Morgan fingerprint density at radius 3 is 2.84 bits per heavy atom. The lowest BCUT2D eigenvalue weighted by molar-refractivity contribution is 0.0950. The number of nitrogens with zero attached hydrogens (tertiary/aromatic N) is 6. The molecular formula is C19H16N8O4. The second-order valence-corrected chi connectivity index (χ2v) is 6.20. The second-order valence-electron chi connectivity index (χ2n) is 6.20. The first-order valence-electron chi connectivity index (χ1n) is 8.88. The smallest absolute Gasteiger partial charge is 0.294 e. The fourth-order valence-corrected chi connectivity index (χ4v) is 2.77. The van der Waals surface area contributed by atoms with Crippen LogP contribution in [0.5, 0.6) is 11.5 Å². The summed E-state index contributed by atoms with van der Waals surface area (Å²) in [7, 11) is 1.53. The lowest BCUT2D eigenvalue weighted by Gasteiger charge is -2.07. The summed E-state index contributed by atoms with van der Waals surface area (Å²) >= 11 is 0. The van der Waals surface area contributed by atoms with E-state index in [0.717, 1.165) is 0 Å². The Balaban J connectivity index is 1.71. The van der Waals surface area contributed by atoms with Crippen molar-refractivity contribution in [2.24, 2.45) is 5.10 Å². The number of hydrogen-bond donors (Lipinski definition) is 3. The van der Waals surface area contributed by atoms with Gasteiger partial charge in [0.05, 0.1) is 13.3 Å². The predicted molar refractivity (Wildman–Crippen MR) is 109 cm³/mol. The minimum absolute atomic E-state index is 0.0251. The topological polar surface area (TPSA) is 167 Å². The molecule has 12 nitrogen and oxygen atoms in total. The summed E-state index contributed by atoms with van der Waals surface area (Å²) in [5.74, 6) is 0.0631. The normalized spacial score (nSPS) is 11.0. The van der Waals surface area contributed by atoms with Gasteiger partial charge in [-0.3, -0.25) is 4.79 Å². The number of aromatic nitrogens is 5. The number of methoxy groups -OCH3 is 1. The zero-order valence-corrected chi connectivity index (χ0v) is 16.1. The number of anilines is 1. The molecule has 4 N–H and O–H groups in total. The Hall–Kier alpha value is -4.74. The molecule has 12 heteroatoms. The summed E-state index contributed by atoms with van der Waals surface area (Å²) in [6.07, 6.45) is 1.38. The van der Waals surface area contributed by atoms with Crippen molar-refractivity contribution in [1.82, 2.24) is 30.7 Å². The van der Waals surface area contributed by atoms with Crippen LogP contribution in [0.2, 0.25) is 0 Å². The first-order chi connectivity index (χ1) is 15.1. The summed E-state index contributed by atoms with van der Waals surface area (Å²) in [4.78, 5) is 12.8. The number of hydrazone groups is 1. The van der Waals surface area contributed by atoms with Crippen LogP contribution in [-0.2, 0) is 0 Å². The fourth-order valence-electron chi connectivity index (χ4n) is 2.77. The highest BCUT2D eigenvalue weighted by Gasteiger charge is 2.25. The Labute approximate surface area is 174 Å². The van der Waals surface area contributed by atoms with Gasteiger partial charge >= 0.3 is 0 Å². The number of nitrogen functional groups attached to an aromatic ring is 1. The van der Waals surface area contributed by atoms with Crippen molar-refractivity contribution in [2.45, 2.75) is 0 Å². The van der Waals surface area contributed by atoms with Crippen LogP contribution in [0.15, 0.2) is 58.3 Å². The van der Waals surface area contributed by atoms with E-state index in [0.29, 0.717) is 16.9 Å². The molecule has 4 rings (SSSR count). The molecule has 0 aliphatic rings. The van der Waals surface area contributed by atoms with Crippen molar-refractivity contribution >= 4 is 17.9 Å². The first kappa shape index (κ1) is 19.6. The fraction of sp³-hybridized carbons (Fsp3) is 0.0526. The molecule has 2 heterocycles. The monoisotopic (exact) mass is 420 g/mol. The largest absolute Gasteiger partial charge is 0.508 e. The van der Waals surface area contributed by atoms with E-state index in [9.17, 15) is 9.90 Å². The number of rotatable bonds is 6. The number of aromatic hydroxyl groups is 1. The third kappa shape index (κ3) is 4.03. The molecule has 4 aromatic rings. The third-order valence-electron chi connectivity index (χ3n) is 4.17. The van der Waals surface area contributed by atoms with Crippen molar-refractivity contribution in [3.8, 4) is 28.6 Å². The average Bonchev–Trinajstić information content (AvgIpc) is 3.39. The number of phenols is 1. The minimum atomic E-state index is -0.629. The maximum Gasteiger partial charge on any atom is 0.294 e. The van der Waals surface area contributed by atoms with Gasteiger partial charge in [0.25, 0.3) is 5.91 Å². The van der Waals surface area contributed by atoms with Crippen LogP contribution in [0.25, 0.3) is 17.1 Å². The molecule has 1 amide bonds. The van der Waals surface area contributed by atoms with Gasteiger partial charge in [0.1, 0.15) is 17.2 Å². The van der Waals surface area contributed by atoms with Gasteiger partial charge in [-0.2, -0.15) is 9.78 Å². The molecule has 0 fully saturated rings. The summed E-state index contributed by atoms with van der Waals surface area (Å²) in [5, 5.41) is 28.6. The molecule has 0 saturated heterocycles. The second kappa shape index (κ2) is 8.32. The number of carbonyl (C=O) groups excluding carboxylic acids is 1. The first-order valence-corrected chi connectivity index (χ1v) is 8.88. The number of ether oxygens (including phenoxy) is 1. The van der Waals surface area contributed by atoms with E-state index in [-0.39, 0.29) is 28.8 Å². The number of amides is 1. The standard InChI is InChI=1S/C19H16N8O4/c1-30-14-7-3-5-12(9-14)16-15(22-26-27(16)18-17(20)24-31-25-18)19(29)23-21-10-11-4-2-6-13(28)8-11/h2-10,28H,1H3,(H2,20,24)(H,23,29)/b21-10-. The van der Waals surface area contributed by atoms with Crippen molar-refractivity contribution in [3.63, 3.8) is 0 Å². The summed E-state index contributed by atoms with van der Waals surface area (Å²) < 4.78 is 11.2. The van der Waals surface area contributed by atoms with Gasteiger partial charge in [0.15, 0.2) is 5.69 Å². The van der Waals surface area contributed by atoms with E-state index in [1.165, 1.54) is 30.1 Å². The molecular weight excluding hydrogens is 404 g/mol. The molecule has 0 aliphatic carbocycles. The Kier molecular flexibility index (Phi) is 5.26. The highest BCUT2D eigenvalue weighted by molar-refractivity contribution is 5.99. The van der Waals surface area contributed by atoms with E-state index in [2.05, 4.69) is 35.8 Å². The highest BCUT2D eigenvalue weighted by Crippen LogP contribution is 2.28. The van der Waals surface area contributed by atoms with Crippen LogP contribution >= 0.6 is 0 Å². The van der Waals surface area contributed by atoms with E-state index in [4.69, 9.17) is 10.5 Å². The van der Waals surface area contributed by atoms with Crippen LogP contribution in [0.1, 0.15) is 16.1 Å². The van der Waals surface area contributed by atoms with Crippen molar-refractivity contribution in [1.29, 1.82) is 0 Å². The molecule has 0 saturated carbocycles. The minimum Gasteiger partial charge on any atom is -0.508 e. The Morgan fingerprint density at radius 2 is 2.10 bits per heavy atom. The third-order valence-corrected chi connectivity index (χ3v) is 4.17. The van der Waals surface area contributed by atoms with Gasteiger partial charge in [-0.25, -0.2) is 10.1 Å². The van der Waals surface area contributed by atoms with Crippen LogP contribution in [-0.4, -0.2) is 49.6 Å².